The van der Waals surface area contributed by atoms with Crippen LogP contribution in [0.25, 0.3) is 4.83 Å². The van der Waals surface area contributed by atoms with Crippen LogP contribution in [0, 0.1) is 0 Å². The van der Waals surface area contributed by atoms with Gasteiger partial charge in [0.25, 0.3) is 10.2 Å². The van der Waals surface area contributed by atoms with Gasteiger partial charge in [-0.15, -0.1) is 11.3 Å². The predicted molar refractivity (Wildman–Crippen MR) is 68.0 cm³/mol. The fraction of sp³-hybridized carbons (Fsp3) is 0.333. The van der Waals surface area contributed by atoms with Crippen LogP contribution in [-0.4, -0.2) is 48.5 Å². The van der Waals surface area contributed by atoms with Gasteiger partial charge in [0, 0.05) is 25.7 Å². The summed E-state index contributed by atoms with van der Waals surface area (Å²) in [5, 5.41) is 1.83. The number of carbonyl (C=O) groups is 1. The maximum Gasteiger partial charge on any atom is 0.279 e. The lowest BCUT2D eigenvalue weighted by Crippen LogP contribution is -2.38. The van der Waals surface area contributed by atoms with Crippen LogP contribution >= 0.6 is 11.3 Å². The van der Waals surface area contributed by atoms with Gasteiger partial charge in [-0.1, -0.05) is 0 Å². The number of rotatable bonds is 5. The lowest BCUT2D eigenvalue weighted by molar-refractivity contribution is 0.0994. The van der Waals surface area contributed by atoms with Crippen molar-refractivity contribution >= 4 is 32.2 Å². The average Bonchev–Trinajstić information content (AvgIpc) is 2.87. The second-order valence-electron chi connectivity index (χ2n) is 3.74. The minimum atomic E-state index is -3.59. The maximum atomic E-state index is 11.9. The van der Waals surface area contributed by atoms with E-state index in [0.29, 0.717) is 4.83 Å². The number of nitrogens with zero attached hydrogens (tertiary/aromatic N) is 3. The maximum absolute atomic E-state index is 11.9. The van der Waals surface area contributed by atoms with Crippen LogP contribution in [-0.2, 0) is 10.2 Å². The minimum Gasteiger partial charge on any atom is -0.296 e. The first kappa shape index (κ1) is 13.1. The highest BCUT2D eigenvalue weighted by atomic mass is 32.2. The number of imidazole rings is 1. The zero-order valence-electron chi connectivity index (χ0n) is 9.82. The number of nitrogens with one attached hydrogen (secondary N) is 1. The monoisotopic (exact) mass is 288 g/mol. The minimum absolute atomic E-state index is 0.284. The third kappa shape index (κ3) is 2.43. The summed E-state index contributed by atoms with van der Waals surface area (Å²) in [6, 6.07) is 0. The Kier molecular flexibility index (Phi) is 3.48. The third-order valence-electron chi connectivity index (χ3n) is 2.31. The number of fused-ring (bicyclic) bond motifs is 1. The zero-order valence-corrected chi connectivity index (χ0v) is 11.5. The molecule has 2 aromatic heterocycles. The van der Waals surface area contributed by atoms with E-state index in [1.807, 2.05) is 5.38 Å². The van der Waals surface area contributed by atoms with Crippen LogP contribution in [0.1, 0.15) is 10.5 Å². The van der Waals surface area contributed by atoms with Gasteiger partial charge in [-0.05, 0) is 0 Å². The SMILES string of the molecule is CN(C)S(=O)(=O)NCC(=O)c1ncn2ccsc12. The first-order chi connectivity index (χ1) is 8.42. The molecule has 0 amide bonds. The molecule has 2 heterocycles. The Hall–Kier alpha value is -1.29. The molecule has 0 saturated carbocycles. The van der Waals surface area contributed by atoms with Gasteiger partial charge in [0.1, 0.15) is 16.9 Å². The van der Waals surface area contributed by atoms with Crippen molar-refractivity contribution in [2.45, 2.75) is 0 Å². The highest BCUT2D eigenvalue weighted by molar-refractivity contribution is 7.87. The molecule has 0 atom stereocenters. The van der Waals surface area contributed by atoms with Gasteiger partial charge < -0.3 is 0 Å². The van der Waals surface area contributed by atoms with Gasteiger partial charge >= 0.3 is 0 Å². The molecule has 18 heavy (non-hydrogen) atoms. The van der Waals surface area contributed by atoms with Crippen LogP contribution < -0.4 is 4.72 Å². The Morgan fingerprint density at radius 1 is 1.56 bits per heavy atom. The molecule has 2 rings (SSSR count). The van der Waals surface area contributed by atoms with E-state index in [1.54, 1.807) is 10.6 Å². The zero-order chi connectivity index (χ0) is 13.3. The van der Waals surface area contributed by atoms with E-state index in [1.165, 1.54) is 31.8 Å². The van der Waals surface area contributed by atoms with Crippen molar-refractivity contribution < 1.29 is 13.2 Å². The van der Waals surface area contributed by atoms with Gasteiger partial charge in [-0.3, -0.25) is 9.20 Å². The molecule has 0 aliphatic heterocycles. The molecule has 98 valence electrons. The Labute approximate surface area is 108 Å². The smallest absolute Gasteiger partial charge is 0.279 e. The van der Waals surface area contributed by atoms with Crippen LogP contribution in [0.3, 0.4) is 0 Å². The Balaban J connectivity index is 2.12. The fourth-order valence-electron chi connectivity index (χ4n) is 1.29. The van der Waals surface area contributed by atoms with Crippen molar-refractivity contribution in [3.63, 3.8) is 0 Å². The van der Waals surface area contributed by atoms with Gasteiger partial charge in [0.05, 0.1) is 6.54 Å². The lowest BCUT2D eigenvalue weighted by Gasteiger charge is -2.11. The molecule has 7 nitrogen and oxygen atoms in total. The van der Waals surface area contributed by atoms with E-state index in [-0.39, 0.29) is 18.0 Å². The average molecular weight is 288 g/mol. The van der Waals surface area contributed by atoms with Crippen LogP contribution in [0.4, 0.5) is 0 Å². The Bertz CT molecular complexity index is 671. The second-order valence-corrected chi connectivity index (χ2v) is 6.60. The number of ketones is 1. The molecule has 0 aliphatic carbocycles. The first-order valence-electron chi connectivity index (χ1n) is 5.02. The first-order valence-corrected chi connectivity index (χ1v) is 7.34. The number of aromatic nitrogens is 2. The van der Waals surface area contributed by atoms with E-state index >= 15 is 0 Å². The van der Waals surface area contributed by atoms with Crippen LogP contribution in [0.15, 0.2) is 17.9 Å². The third-order valence-corrected chi connectivity index (χ3v) is 4.67. The van der Waals surface area contributed by atoms with E-state index < -0.39 is 10.2 Å². The summed E-state index contributed by atoms with van der Waals surface area (Å²) in [5.41, 5.74) is 0.284. The molecular weight excluding hydrogens is 276 g/mol. The van der Waals surface area contributed by atoms with E-state index in [9.17, 15) is 13.2 Å². The molecule has 0 radical (unpaired) electrons. The Morgan fingerprint density at radius 3 is 2.94 bits per heavy atom. The standard InChI is InChI=1S/C9H12N4O3S2/c1-12(2)18(15,16)11-5-7(14)8-9-13(6-10-8)3-4-17-9/h3-4,6,11H,5H2,1-2H3. The normalized spacial score (nSPS) is 12.4. The molecule has 0 aromatic carbocycles. The molecule has 0 aliphatic rings. The van der Waals surface area contributed by atoms with Gasteiger partial charge in [0.15, 0.2) is 5.78 Å². The molecule has 9 heteroatoms. The van der Waals surface area contributed by atoms with Gasteiger partial charge in [-0.2, -0.15) is 17.4 Å². The molecule has 0 bridgehead atoms. The van der Waals surface area contributed by atoms with Crippen molar-refractivity contribution in [3.05, 3.63) is 23.6 Å². The number of thiazole rings is 1. The number of carbonyl (C=O) groups excluding carboxylic acids is 1. The van der Waals surface area contributed by atoms with Crippen molar-refractivity contribution in [3.8, 4) is 0 Å². The molecular formula is C9H12N4O3S2. The quantitative estimate of drug-likeness (QED) is 0.783. The summed E-state index contributed by atoms with van der Waals surface area (Å²) < 4.78 is 27.9. The van der Waals surface area contributed by atoms with Crippen molar-refractivity contribution in [1.82, 2.24) is 18.4 Å². The largest absolute Gasteiger partial charge is 0.296 e. The molecule has 0 spiro atoms. The molecule has 0 saturated heterocycles. The number of hydrogen-bond acceptors (Lipinski definition) is 5. The second kappa shape index (κ2) is 4.76. The molecule has 1 N–H and O–H groups in total. The number of Topliss-reactive ketones (excluding diaryl/α,β-unsaturated/α-hetero) is 1. The van der Waals surface area contributed by atoms with Crippen molar-refractivity contribution in [1.29, 1.82) is 0 Å². The summed E-state index contributed by atoms with van der Waals surface area (Å²) in [7, 11) is -0.813. The topological polar surface area (TPSA) is 83.8 Å². The highest BCUT2D eigenvalue weighted by Crippen LogP contribution is 2.16. The fourth-order valence-corrected chi connectivity index (χ4v) is 2.69. The van der Waals surface area contributed by atoms with Gasteiger partial charge in [-0.25, -0.2) is 4.98 Å². The number of hydrogen-bond donors (Lipinski definition) is 1. The highest BCUT2D eigenvalue weighted by Gasteiger charge is 2.18. The summed E-state index contributed by atoms with van der Waals surface area (Å²) >= 11 is 1.38. The molecule has 0 fully saturated rings. The summed E-state index contributed by atoms with van der Waals surface area (Å²) in [5.74, 6) is -0.356. The van der Waals surface area contributed by atoms with Crippen LogP contribution in [0.5, 0.6) is 0 Å². The summed E-state index contributed by atoms with van der Waals surface area (Å²) in [6.45, 7) is -0.301. The van der Waals surface area contributed by atoms with Crippen molar-refractivity contribution in [2.24, 2.45) is 0 Å². The molecule has 0 unspecified atom stereocenters. The molecule has 2 aromatic rings. The Morgan fingerprint density at radius 2 is 2.28 bits per heavy atom. The van der Waals surface area contributed by atoms with E-state index in [0.717, 1.165) is 4.31 Å². The van der Waals surface area contributed by atoms with Crippen LogP contribution in [0.2, 0.25) is 0 Å². The van der Waals surface area contributed by atoms with E-state index in [2.05, 4.69) is 9.71 Å². The lowest BCUT2D eigenvalue weighted by atomic mass is 10.3. The van der Waals surface area contributed by atoms with E-state index in [4.69, 9.17) is 0 Å². The van der Waals surface area contributed by atoms with Gasteiger partial charge in [0.2, 0.25) is 0 Å². The summed E-state index contributed by atoms with van der Waals surface area (Å²) in [4.78, 5) is 16.6. The van der Waals surface area contributed by atoms with Crippen molar-refractivity contribution in [2.75, 3.05) is 20.6 Å². The predicted octanol–water partition coefficient (Wildman–Crippen LogP) is -0.0255. The summed E-state index contributed by atoms with van der Waals surface area (Å²) in [6.07, 6.45) is 3.31.